The lowest BCUT2D eigenvalue weighted by atomic mass is 9.80. The summed E-state index contributed by atoms with van der Waals surface area (Å²) in [4.78, 5) is 0. The Kier molecular flexibility index (Phi) is 11.1. The van der Waals surface area contributed by atoms with Crippen LogP contribution in [0.2, 0.25) is 0 Å². The van der Waals surface area contributed by atoms with Crippen LogP contribution in [0, 0.1) is 11.8 Å². The van der Waals surface area contributed by atoms with Crippen molar-refractivity contribution in [2.24, 2.45) is 11.8 Å². The van der Waals surface area contributed by atoms with Crippen LogP contribution in [0.3, 0.4) is 0 Å². The van der Waals surface area contributed by atoms with Gasteiger partial charge in [0.2, 0.25) is 0 Å². The first kappa shape index (κ1) is 21.3. The predicted molar refractivity (Wildman–Crippen MR) is 110 cm³/mol. The normalized spacial score (nSPS) is 22.9. The zero-order valence-corrected chi connectivity index (χ0v) is 17.2. The second kappa shape index (κ2) is 12.6. The van der Waals surface area contributed by atoms with Gasteiger partial charge in [-0.25, -0.2) is 0 Å². The van der Waals surface area contributed by atoms with Crippen molar-refractivity contribution in [3.63, 3.8) is 0 Å². The van der Waals surface area contributed by atoms with Crippen molar-refractivity contribution in [3.05, 3.63) is 34.9 Å². The first-order valence-corrected chi connectivity index (χ1v) is 10.7. The van der Waals surface area contributed by atoms with Crippen LogP contribution in [-0.2, 0) is 0 Å². The van der Waals surface area contributed by atoms with Crippen LogP contribution >= 0.6 is 0 Å². The summed E-state index contributed by atoms with van der Waals surface area (Å²) in [6, 6.07) is 0. The quantitative estimate of drug-likeness (QED) is 0.372. The van der Waals surface area contributed by atoms with E-state index >= 15 is 0 Å². The molecule has 2 unspecified atom stereocenters. The molecule has 0 aliphatic heterocycles. The molecule has 0 heterocycles. The number of hydrogen-bond acceptors (Lipinski definition) is 0. The molecule has 1 aliphatic carbocycles. The Morgan fingerprint density at radius 2 is 2.00 bits per heavy atom. The second-order valence-corrected chi connectivity index (χ2v) is 7.73. The van der Waals surface area contributed by atoms with Crippen molar-refractivity contribution >= 4 is 0 Å². The van der Waals surface area contributed by atoms with E-state index in [4.69, 9.17) is 0 Å². The smallest absolute Gasteiger partial charge is 0.0131 e. The first-order valence-electron chi connectivity index (χ1n) is 10.7. The average Bonchev–Trinajstić information content (AvgIpc) is 2.55. The minimum absolute atomic E-state index is 0.820. The molecule has 0 aromatic carbocycles. The van der Waals surface area contributed by atoms with Crippen LogP contribution in [0.5, 0.6) is 0 Å². The Bertz CT molecular complexity index is 421. The van der Waals surface area contributed by atoms with Crippen LogP contribution in [-0.4, -0.2) is 0 Å². The van der Waals surface area contributed by atoms with Crippen molar-refractivity contribution < 1.29 is 0 Å². The van der Waals surface area contributed by atoms with Crippen LogP contribution < -0.4 is 0 Å². The highest BCUT2D eigenvalue weighted by atomic mass is 14.2. The van der Waals surface area contributed by atoms with Gasteiger partial charge in [-0.3, -0.25) is 0 Å². The molecular formula is C24H42. The Balaban J connectivity index is 2.94. The van der Waals surface area contributed by atoms with Crippen molar-refractivity contribution in [2.45, 2.75) is 105 Å². The fourth-order valence-corrected chi connectivity index (χ4v) is 4.28. The third-order valence-corrected chi connectivity index (χ3v) is 5.69. The Morgan fingerprint density at radius 1 is 1.21 bits per heavy atom. The van der Waals surface area contributed by atoms with Crippen LogP contribution in [0.25, 0.3) is 0 Å². The number of allylic oxidation sites excluding steroid dienone is 6. The lowest BCUT2D eigenvalue weighted by Crippen LogP contribution is -2.09. The van der Waals surface area contributed by atoms with Gasteiger partial charge < -0.3 is 0 Å². The molecule has 0 bridgehead atoms. The molecule has 0 heteroatoms. The fourth-order valence-electron chi connectivity index (χ4n) is 4.28. The second-order valence-electron chi connectivity index (χ2n) is 7.73. The summed E-state index contributed by atoms with van der Waals surface area (Å²) in [6.45, 7) is 11.7. The summed E-state index contributed by atoms with van der Waals surface area (Å²) in [6.07, 6.45) is 21.6. The van der Waals surface area contributed by atoms with Gasteiger partial charge in [0.05, 0.1) is 0 Å². The molecule has 138 valence electrons. The van der Waals surface area contributed by atoms with Crippen molar-refractivity contribution in [2.75, 3.05) is 0 Å². The fraction of sp³-hybridized carbons (Fsp3) is 0.750. The molecule has 0 radical (unpaired) electrons. The van der Waals surface area contributed by atoms with Crippen molar-refractivity contribution in [1.82, 2.24) is 0 Å². The molecule has 24 heavy (non-hydrogen) atoms. The van der Waals surface area contributed by atoms with E-state index in [9.17, 15) is 0 Å². The van der Waals surface area contributed by atoms with Crippen LogP contribution in [0.1, 0.15) is 105 Å². The van der Waals surface area contributed by atoms with Gasteiger partial charge >= 0.3 is 0 Å². The summed E-state index contributed by atoms with van der Waals surface area (Å²) >= 11 is 0. The maximum absolute atomic E-state index is 2.61. The summed E-state index contributed by atoms with van der Waals surface area (Å²) in [5, 5.41) is 0. The molecule has 0 fully saturated rings. The highest BCUT2D eigenvalue weighted by molar-refractivity contribution is 5.24. The SMILES string of the molecule is CCC=CCC(CC)=C1CC=C(CC(C)CCC)CCCC1CC. The van der Waals surface area contributed by atoms with Gasteiger partial charge in [-0.1, -0.05) is 82.4 Å². The van der Waals surface area contributed by atoms with Crippen LogP contribution in [0.4, 0.5) is 0 Å². The van der Waals surface area contributed by atoms with E-state index in [1.807, 2.05) is 0 Å². The average molecular weight is 331 g/mol. The van der Waals surface area contributed by atoms with Gasteiger partial charge in [-0.05, 0) is 69.6 Å². The molecule has 0 amide bonds. The van der Waals surface area contributed by atoms with E-state index < -0.39 is 0 Å². The van der Waals surface area contributed by atoms with E-state index in [2.05, 4.69) is 52.8 Å². The van der Waals surface area contributed by atoms with Gasteiger partial charge in [0.1, 0.15) is 0 Å². The summed E-state index contributed by atoms with van der Waals surface area (Å²) in [5.41, 5.74) is 5.23. The lowest BCUT2D eigenvalue weighted by Gasteiger charge is -2.26. The molecule has 0 aromatic heterocycles. The first-order chi connectivity index (χ1) is 11.7. The van der Waals surface area contributed by atoms with Gasteiger partial charge in [0.15, 0.2) is 0 Å². The zero-order chi connectivity index (χ0) is 17.8. The summed E-state index contributed by atoms with van der Waals surface area (Å²) < 4.78 is 0. The Hall–Kier alpha value is -0.780. The van der Waals surface area contributed by atoms with Crippen molar-refractivity contribution in [1.29, 1.82) is 0 Å². The van der Waals surface area contributed by atoms with Crippen LogP contribution in [0.15, 0.2) is 34.9 Å². The van der Waals surface area contributed by atoms with Gasteiger partial charge in [-0.2, -0.15) is 0 Å². The Labute approximate surface area is 152 Å². The molecule has 0 N–H and O–H groups in total. The summed E-state index contributed by atoms with van der Waals surface area (Å²) in [7, 11) is 0. The van der Waals surface area contributed by atoms with E-state index in [-0.39, 0.29) is 0 Å². The topological polar surface area (TPSA) is 0 Å². The predicted octanol–water partition coefficient (Wildman–Crippen LogP) is 8.40. The van der Waals surface area contributed by atoms with E-state index in [0.29, 0.717) is 0 Å². The zero-order valence-electron chi connectivity index (χ0n) is 17.2. The maximum atomic E-state index is 2.61. The van der Waals surface area contributed by atoms with Gasteiger partial charge in [-0.15, -0.1) is 0 Å². The minimum Gasteiger partial charge on any atom is -0.0885 e. The molecule has 2 atom stereocenters. The van der Waals surface area contributed by atoms with Gasteiger partial charge in [0, 0.05) is 0 Å². The van der Waals surface area contributed by atoms with Crippen molar-refractivity contribution in [3.8, 4) is 0 Å². The minimum atomic E-state index is 0.820. The van der Waals surface area contributed by atoms with E-state index in [1.54, 1.807) is 16.7 Å². The summed E-state index contributed by atoms with van der Waals surface area (Å²) in [5.74, 6) is 1.68. The maximum Gasteiger partial charge on any atom is -0.0131 e. The highest BCUT2D eigenvalue weighted by Gasteiger charge is 2.18. The monoisotopic (exact) mass is 330 g/mol. The number of hydrogen-bond donors (Lipinski definition) is 0. The van der Waals surface area contributed by atoms with E-state index in [1.165, 1.54) is 64.2 Å². The lowest BCUT2D eigenvalue weighted by molar-refractivity contribution is 0.472. The third-order valence-electron chi connectivity index (χ3n) is 5.69. The standard InChI is InChI=1S/C24H42/c1-6-10-11-15-22(8-3)24-18-17-21(19-20(5)13-7-2)14-12-16-23(24)9-4/h10-11,17,20,23H,6-9,12-16,18-19H2,1-5H3. The molecule has 1 rings (SSSR count). The molecule has 0 spiro atoms. The number of rotatable bonds is 9. The molecule has 0 saturated heterocycles. The molecule has 0 saturated carbocycles. The Morgan fingerprint density at radius 3 is 2.62 bits per heavy atom. The van der Waals surface area contributed by atoms with Gasteiger partial charge in [0.25, 0.3) is 0 Å². The van der Waals surface area contributed by atoms with E-state index in [0.717, 1.165) is 18.3 Å². The molecule has 0 aromatic rings. The third kappa shape index (κ3) is 7.41. The highest BCUT2D eigenvalue weighted by Crippen LogP contribution is 2.35. The molecule has 0 nitrogen and oxygen atoms in total. The largest absolute Gasteiger partial charge is 0.0885 e. The molecular weight excluding hydrogens is 288 g/mol. The molecule has 1 aliphatic rings.